The largest absolute Gasteiger partial charge is 0.381 e. The maximum absolute atomic E-state index is 12.0. The predicted molar refractivity (Wildman–Crippen MR) is 66.3 cm³/mol. The van der Waals surface area contributed by atoms with Gasteiger partial charge in [-0.3, -0.25) is 4.68 Å². The van der Waals surface area contributed by atoms with Gasteiger partial charge in [0.2, 0.25) is 0 Å². The van der Waals surface area contributed by atoms with Gasteiger partial charge < -0.3 is 11.1 Å². The van der Waals surface area contributed by atoms with Gasteiger partial charge in [-0.05, 0) is 20.8 Å². The first-order valence-corrected chi connectivity index (χ1v) is 6.76. The first-order valence-electron chi connectivity index (χ1n) is 5.27. The van der Waals surface area contributed by atoms with E-state index in [-0.39, 0.29) is 16.8 Å². The molecule has 0 unspecified atom stereocenters. The number of aromatic nitrogens is 2. The third kappa shape index (κ3) is 2.92. The number of nitrogens with zero attached hydrogens (tertiary/aromatic N) is 2. The van der Waals surface area contributed by atoms with Gasteiger partial charge in [-0.2, -0.15) is 5.10 Å². The summed E-state index contributed by atoms with van der Waals surface area (Å²) in [7, 11) is -2.45. The molecule has 0 spiro atoms. The van der Waals surface area contributed by atoms with Crippen LogP contribution in [0.3, 0.4) is 0 Å². The normalized spacial score (nSPS) is 11.6. The molecule has 4 N–H and O–H groups in total. The average molecular weight is 275 g/mol. The van der Waals surface area contributed by atoms with Crippen LogP contribution in [0.2, 0.25) is 0 Å². The molecule has 0 saturated carbocycles. The molecule has 0 radical (unpaired) electrons. The first-order chi connectivity index (χ1) is 8.15. The van der Waals surface area contributed by atoms with Crippen molar-refractivity contribution in [1.82, 2.24) is 19.8 Å². The lowest BCUT2D eigenvalue weighted by Crippen LogP contribution is -2.42. The Hall–Kier alpha value is -1.77. The summed E-state index contributed by atoms with van der Waals surface area (Å²) < 4.78 is 27.2. The zero-order valence-corrected chi connectivity index (χ0v) is 11.5. The lowest BCUT2D eigenvalue weighted by molar-refractivity contribution is 0.243. The monoisotopic (exact) mass is 275 g/mol. The summed E-state index contributed by atoms with van der Waals surface area (Å²) in [4.78, 5) is 11.2. The minimum atomic E-state index is -4.02. The van der Waals surface area contributed by atoms with E-state index < -0.39 is 16.1 Å². The molecular formula is C9H17N5O3S. The van der Waals surface area contributed by atoms with Crippen LogP contribution >= 0.6 is 0 Å². The van der Waals surface area contributed by atoms with E-state index in [4.69, 9.17) is 5.73 Å². The molecule has 0 aromatic carbocycles. The number of hydrogen-bond acceptors (Lipinski definition) is 5. The Kier molecular flexibility index (Phi) is 3.85. The van der Waals surface area contributed by atoms with Gasteiger partial charge >= 0.3 is 6.03 Å². The number of nitrogens with two attached hydrogens (primary N) is 1. The van der Waals surface area contributed by atoms with E-state index in [9.17, 15) is 13.2 Å². The van der Waals surface area contributed by atoms with Crippen LogP contribution in [0, 0.1) is 6.92 Å². The van der Waals surface area contributed by atoms with Gasteiger partial charge in [-0.15, -0.1) is 0 Å². The summed E-state index contributed by atoms with van der Waals surface area (Å²) in [6.45, 7) is 4.99. The quantitative estimate of drug-likeness (QED) is 0.700. The molecule has 9 heteroatoms. The van der Waals surface area contributed by atoms with Crippen LogP contribution < -0.4 is 15.8 Å². The molecule has 0 bridgehead atoms. The first kappa shape index (κ1) is 14.3. The van der Waals surface area contributed by atoms with Crippen molar-refractivity contribution in [3.05, 3.63) is 5.69 Å². The van der Waals surface area contributed by atoms with Crippen molar-refractivity contribution < 1.29 is 13.2 Å². The van der Waals surface area contributed by atoms with Crippen molar-refractivity contribution in [2.24, 2.45) is 7.05 Å². The summed E-state index contributed by atoms with van der Waals surface area (Å²) in [5, 5.41) is 6.21. The van der Waals surface area contributed by atoms with Crippen molar-refractivity contribution in [2.45, 2.75) is 31.7 Å². The Morgan fingerprint density at radius 3 is 2.39 bits per heavy atom. The average Bonchev–Trinajstić information content (AvgIpc) is 2.37. The molecule has 0 aliphatic rings. The Balaban J connectivity index is 3.04. The zero-order valence-electron chi connectivity index (χ0n) is 10.7. The van der Waals surface area contributed by atoms with E-state index in [1.54, 1.807) is 27.8 Å². The molecule has 1 aromatic rings. The minimum absolute atomic E-state index is 0.139. The van der Waals surface area contributed by atoms with Crippen LogP contribution in [0.1, 0.15) is 19.5 Å². The third-order valence-electron chi connectivity index (χ3n) is 2.22. The van der Waals surface area contributed by atoms with Gasteiger partial charge in [0.05, 0.1) is 5.69 Å². The second-order valence-corrected chi connectivity index (χ2v) is 5.78. The fraction of sp³-hybridized carbons (Fsp3) is 0.556. The van der Waals surface area contributed by atoms with Crippen molar-refractivity contribution in [3.8, 4) is 0 Å². The van der Waals surface area contributed by atoms with Gasteiger partial charge in [0.25, 0.3) is 10.0 Å². The molecule has 0 aliphatic heterocycles. The van der Waals surface area contributed by atoms with Crippen molar-refractivity contribution >= 4 is 21.9 Å². The second-order valence-electron chi connectivity index (χ2n) is 4.16. The van der Waals surface area contributed by atoms with Crippen LogP contribution in [0.15, 0.2) is 4.90 Å². The number of nitrogen functional groups attached to an aromatic ring is 1. The number of urea groups is 1. The fourth-order valence-electron chi connectivity index (χ4n) is 1.41. The SMILES string of the molecule is Cc1c(S(=O)(=O)NC(=O)NC(C)C)c(N)nn1C. The number of amides is 2. The summed E-state index contributed by atoms with van der Waals surface area (Å²) in [6.07, 6.45) is 0. The van der Waals surface area contributed by atoms with Crippen LogP contribution in [0.25, 0.3) is 0 Å². The number of aryl methyl sites for hydroxylation is 1. The summed E-state index contributed by atoms with van der Waals surface area (Å²) in [5.74, 6) is -0.139. The van der Waals surface area contributed by atoms with Gasteiger partial charge in [0.1, 0.15) is 0 Å². The van der Waals surface area contributed by atoms with E-state index in [1.807, 2.05) is 4.72 Å². The van der Waals surface area contributed by atoms with Crippen LogP contribution in [0.4, 0.5) is 10.6 Å². The number of hydrogen-bond donors (Lipinski definition) is 3. The Morgan fingerprint density at radius 2 is 2.00 bits per heavy atom. The number of nitrogens with one attached hydrogen (secondary N) is 2. The number of carbonyl (C=O) groups is 1. The smallest absolute Gasteiger partial charge is 0.328 e. The van der Waals surface area contributed by atoms with Gasteiger partial charge in [-0.25, -0.2) is 17.9 Å². The van der Waals surface area contributed by atoms with Gasteiger partial charge in [0.15, 0.2) is 10.7 Å². The highest BCUT2D eigenvalue weighted by Crippen LogP contribution is 2.20. The Morgan fingerprint density at radius 1 is 1.44 bits per heavy atom. The standard InChI is InChI=1S/C9H17N5O3S/c1-5(2)11-9(15)13-18(16,17)7-6(3)14(4)12-8(7)10/h5H,1-4H3,(H2,10,12)(H2,11,13,15). The third-order valence-corrected chi connectivity index (χ3v) is 3.72. The molecule has 0 saturated heterocycles. The van der Waals surface area contributed by atoms with E-state index in [0.717, 1.165) is 0 Å². The lowest BCUT2D eigenvalue weighted by Gasteiger charge is -2.10. The van der Waals surface area contributed by atoms with Crippen molar-refractivity contribution in [1.29, 1.82) is 0 Å². The van der Waals surface area contributed by atoms with E-state index in [1.165, 1.54) is 4.68 Å². The molecule has 0 atom stereocenters. The van der Waals surface area contributed by atoms with E-state index >= 15 is 0 Å². The summed E-state index contributed by atoms with van der Waals surface area (Å²) >= 11 is 0. The number of rotatable bonds is 3. The van der Waals surface area contributed by atoms with Gasteiger partial charge in [0, 0.05) is 13.1 Å². The fourth-order valence-corrected chi connectivity index (χ4v) is 2.65. The molecule has 0 fully saturated rings. The molecular weight excluding hydrogens is 258 g/mol. The lowest BCUT2D eigenvalue weighted by atomic mass is 10.4. The molecule has 1 rings (SSSR count). The maximum Gasteiger partial charge on any atom is 0.328 e. The highest BCUT2D eigenvalue weighted by Gasteiger charge is 2.26. The van der Waals surface area contributed by atoms with Gasteiger partial charge in [-0.1, -0.05) is 0 Å². The zero-order chi connectivity index (χ0) is 14.1. The van der Waals surface area contributed by atoms with E-state index in [2.05, 4.69) is 10.4 Å². The number of carbonyl (C=O) groups excluding carboxylic acids is 1. The molecule has 1 heterocycles. The number of anilines is 1. The maximum atomic E-state index is 12.0. The highest BCUT2D eigenvalue weighted by atomic mass is 32.2. The summed E-state index contributed by atoms with van der Waals surface area (Å²) in [5.41, 5.74) is 5.88. The molecule has 1 aromatic heterocycles. The molecule has 8 nitrogen and oxygen atoms in total. The molecule has 102 valence electrons. The molecule has 0 aliphatic carbocycles. The van der Waals surface area contributed by atoms with Crippen LogP contribution in [-0.4, -0.2) is 30.3 Å². The van der Waals surface area contributed by atoms with E-state index in [0.29, 0.717) is 5.69 Å². The Labute approximate surface area is 106 Å². The number of sulfonamides is 1. The predicted octanol–water partition coefficient (Wildman–Crippen LogP) is -0.293. The topological polar surface area (TPSA) is 119 Å². The van der Waals surface area contributed by atoms with Crippen molar-refractivity contribution in [2.75, 3.05) is 5.73 Å². The Bertz CT molecular complexity index is 561. The van der Waals surface area contributed by atoms with Crippen molar-refractivity contribution in [3.63, 3.8) is 0 Å². The minimum Gasteiger partial charge on any atom is -0.381 e. The second kappa shape index (κ2) is 4.84. The highest BCUT2D eigenvalue weighted by molar-refractivity contribution is 7.90. The van der Waals surface area contributed by atoms with Crippen LogP contribution in [-0.2, 0) is 17.1 Å². The molecule has 18 heavy (non-hydrogen) atoms. The summed E-state index contributed by atoms with van der Waals surface area (Å²) in [6, 6.07) is -0.972. The van der Waals surface area contributed by atoms with Crippen LogP contribution in [0.5, 0.6) is 0 Å². The molecule has 2 amide bonds.